The summed E-state index contributed by atoms with van der Waals surface area (Å²) in [6.07, 6.45) is 6.80. The van der Waals surface area contributed by atoms with Gasteiger partial charge < -0.3 is 15.2 Å². The van der Waals surface area contributed by atoms with Crippen molar-refractivity contribution in [2.45, 2.75) is 39.0 Å². The van der Waals surface area contributed by atoms with Gasteiger partial charge in [-0.05, 0) is 12.8 Å². The summed E-state index contributed by atoms with van der Waals surface area (Å²) in [7, 11) is 1.61. The smallest absolute Gasteiger partial charge is 0.119 e. The van der Waals surface area contributed by atoms with E-state index in [0.717, 1.165) is 24.3 Å². The summed E-state index contributed by atoms with van der Waals surface area (Å²) in [4.78, 5) is 0. The lowest BCUT2D eigenvalue weighted by atomic mass is 10.1. The van der Waals surface area contributed by atoms with E-state index in [2.05, 4.69) is 12.2 Å². The molecule has 0 aliphatic carbocycles. The molecule has 0 unspecified atom stereocenters. The summed E-state index contributed by atoms with van der Waals surface area (Å²) in [6.45, 7) is 2.17. The van der Waals surface area contributed by atoms with Crippen LogP contribution in [0.2, 0.25) is 0 Å². The number of allylic oxidation sites excluding steroid dienone is 1. The Hall–Kier alpha value is -1.12. The Morgan fingerprint density at radius 3 is 2.86 bits per heavy atom. The number of hydrogen-bond donors (Lipinski definition) is 2. The van der Waals surface area contributed by atoms with Crippen LogP contribution in [0.4, 0.5) is 0 Å². The summed E-state index contributed by atoms with van der Waals surface area (Å²) in [5.74, 6) is 1.20. The summed E-state index contributed by atoms with van der Waals surface area (Å²) in [6, 6.07) is 0. The molecule has 2 N–H and O–H groups in total. The summed E-state index contributed by atoms with van der Waals surface area (Å²) < 4.78 is 5.04. The Balaban J connectivity index is 2.39. The van der Waals surface area contributed by atoms with Gasteiger partial charge in [0.25, 0.3) is 0 Å². The number of ether oxygens (including phenoxy) is 1. The van der Waals surface area contributed by atoms with E-state index in [-0.39, 0.29) is 0 Å². The highest BCUT2D eigenvalue weighted by atomic mass is 16.5. The van der Waals surface area contributed by atoms with Crippen molar-refractivity contribution in [3.63, 3.8) is 0 Å². The van der Waals surface area contributed by atoms with Gasteiger partial charge in [0, 0.05) is 6.20 Å². The minimum Gasteiger partial charge on any atom is -0.510 e. The third-order valence-corrected chi connectivity index (χ3v) is 2.39. The van der Waals surface area contributed by atoms with E-state index >= 15 is 0 Å². The van der Waals surface area contributed by atoms with Crippen molar-refractivity contribution in [1.82, 2.24) is 5.32 Å². The van der Waals surface area contributed by atoms with Crippen LogP contribution < -0.4 is 5.32 Å². The second-order valence-electron chi connectivity index (χ2n) is 3.52. The first-order valence-electron chi connectivity index (χ1n) is 5.18. The average Bonchev–Trinajstić information content (AvgIpc) is 2.20. The zero-order valence-corrected chi connectivity index (χ0v) is 8.97. The van der Waals surface area contributed by atoms with Crippen molar-refractivity contribution in [3.8, 4) is 0 Å². The molecule has 1 aliphatic rings. The second kappa shape index (κ2) is 5.58. The standard InChI is InChI=1S/C11H19NO2/c1-3-4-5-6-10-11(13)7-9(14-2)8-12-10/h8,12-13H,3-7H2,1-2H3. The molecule has 3 nitrogen and oxygen atoms in total. The molecule has 0 saturated heterocycles. The fourth-order valence-corrected chi connectivity index (χ4v) is 1.47. The number of aliphatic hydroxyl groups is 1. The molecular formula is C11H19NO2. The van der Waals surface area contributed by atoms with Crippen LogP contribution in [-0.2, 0) is 4.74 Å². The second-order valence-corrected chi connectivity index (χ2v) is 3.52. The maximum Gasteiger partial charge on any atom is 0.119 e. The van der Waals surface area contributed by atoms with Gasteiger partial charge in [-0.3, -0.25) is 0 Å². The third kappa shape index (κ3) is 2.98. The summed E-state index contributed by atoms with van der Waals surface area (Å²) in [5, 5.41) is 12.7. The van der Waals surface area contributed by atoms with E-state index < -0.39 is 0 Å². The maximum absolute atomic E-state index is 9.67. The van der Waals surface area contributed by atoms with Gasteiger partial charge in [-0.25, -0.2) is 0 Å². The number of unbranched alkanes of at least 4 members (excludes halogenated alkanes) is 2. The highest BCUT2D eigenvalue weighted by Gasteiger charge is 2.12. The van der Waals surface area contributed by atoms with Gasteiger partial charge in [0.15, 0.2) is 0 Å². The quantitative estimate of drug-likeness (QED) is 0.666. The van der Waals surface area contributed by atoms with Gasteiger partial charge in [-0.1, -0.05) is 19.8 Å². The van der Waals surface area contributed by atoms with Gasteiger partial charge in [0.1, 0.15) is 11.5 Å². The van der Waals surface area contributed by atoms with Crippen LogP contribution in [0.1, 0.15) is 39.0 Å². The first-order valence-corrected chi connectivity index (χ1v) is 5.18. The summed E-state index contributed by atoms with van der Waals surface area (Å²) >= 11 is 0. The fourth-order valence-electron chi connectivity index (χ4n) is 1.47. The first-order chi connectivity index (χ1) is 6.77. The Kier molecular flexibility index (Phi) is 4.36. The van der Waals surface area contributed by atoms with E-state index in [1.807, 2.05) is 6.20 Å². The third-order valence-electron chi connectivity index (χ3n) is 2.39. The summed E-state index contributed by atoms with van der Waals surface area (Å²) in [5.41, 5.74) is 0.944. The van der Waals surface area contributed by atoms with Crippen molar-refractivity contribution in [3.05, 3.63) is 23.4 Å². The van der Waals surface area contributed by atoms with Crippen molar-refractivity contribution in [2.75, 3.05) is 7.11 Å². The van der Waals surface area contributed by atoms with Crippen molar-refractivity contribution < 1.29 is 9.84 Å². The SMILES string of the molecule is CCCCCC1=C(O)CC(OC)=CN1. The van der Waals surface area contributed by atoms with Gasteiger partial charge >= 0.3 is 0 Å². The van der Waals surface area contributed by atoms with Crippen molar-refractivity contribution in [2.24, 2.45) is 0 Å². The monoisotopic (exact) mass is 197 g/mol. The van der Waals surface area contributed by atoms with Crippen LogP contribution in [0.25, 0.3) is 0 Å². The number of dihydropyridines is 1. The normalized spacial score (nSPS) is 16.3. The Morgan fingerprint density at radius 2 is 2.29 bits per heavy atom. The van der Waals surface area contributed by atoms with Crippen LogP contribution in [0.5, 0.6) is 0 Å². The molecule has 0 atom stereocenters. The molecule has 0 radical (unpaired) electrons. The molecule has 0 amide bonds. The predicted molar refractivity (Wildman–Crippen MR) is 56.6 cm³/mol. The van der Waals surface area contributed by atoms with Gasteiger partial charge in [0.05, 0.1) is 19.2 Å². The number of hydrogen-bond acceptors (Lipinski definition) is 3. The zero-order chi connectivity index (χ0) is 10.4. The van der Waals surface area contributed by atoms with E-state index in [4.69, 9.17) is 4.74 Å². The molecule has 0 aromatic heterocycles. The molecule has 14 heavy (non-hydrogen) atoms. The molecule has 0 bridgehead atoms. The van der Waals surface area contributed by atoms with E-state index in [1.165, 1.54) is 12.8 Å². The maximum atomic E-state index is 9.67. The number of rotatable bonds is 5. The molecule has 0 aromatic rings. The fraction of sp³-hybridized carbons (Fsp3) is 0.636. The molecule has 80 valence electrons. The van der Waals surface area contributed by atoms with Crippen LogP contribution in [0.15, 0.2) is 23.4 Å². The minimum atomic E-state index is 0.417. The lowest BCUT2D eigenvalue weighted by Gasteiger charge is -2.17. The molecule has 0 spiro atoms. The largest absolute Gasteiger partial charge is 0.510 e. The highest BCUT2D eigenvalue weighted by molar-refractivity contribution is 5.19. The molecule has 1 aliphatic heterocycles. The zero-order valence-electron chi connectivity index (χ0n) is 8.97. The lowest BCUT2D eigenvalue weighted by Crippen LogP contribution is -2.15. The lowest BCUT2D eigenvalue weighted by molar-refractivity contribution is 0.255. The molecule has 1 rings (SSSR count). The van der Waals surface area contributed by atoms with Crippen LogP contribution in [0, 0.1) is 0 Å². The highest BCUT2D eigenvalue weighted by Crippen LogP contribution is 2.20. The Bertz CT molecular complexity index is 244. The Morgan fingerprint density at radius 1 is 1.50 bits per heavy atom. The molecule has 0 saturated carbocycles. The Labute approximate surface area is 85.5 Å². The molecule has 1 heterocycles. The minimum absolute atomic E-state index is 0.417. The van der Waals surface area contributed by atoms with Gasteiger partial charge in [0.2, 0.25) is 0 Å². The van der Waals surface area contributed by atoms with E-state index in [0.29, 0.717) is 12.2 Å². The van der Waals surface area contributed by atoms with Crippen LogP contribution >= 0.6 is 0 Å². The van der Waals surface area contributed by atoms with E-state index in [9.17, 15) is 5.11 Å². The van der Waals surface area contributed by atoms with Crippen molar-refractivity contribution in [1.29, 1.82) is 0 Å². The molecule has 3 heteroatoms. The molecule has 0 fully saturated rings. The first kappa shape index (κ1) is 11.0. The topological polar surface area (TPSA) is 41.5 Å². The number of aliphatic hydroxyl groups excluding tert-OH is 1. The average molecular weight is 197 g/mol. The molecule has 0 aromatic carbocycles. The molecular weight excluding hydrogens is 178 g/mol. The van der Waals surface area contributed by atoms with Crippen molar-refractivity contribution >= 4 is 0 Å². The van der Waals surface area contributed by atoms with E-state index in [1.54, 1.807) is 7.11 Å². The number of methoxy groups -OCH3 is 1. The number of nitrogens with one attached hydrogen (secondary N) is 1. The van der Waals surface area contributed by atoms with Crippen LogP contribution in [0.3, 0.4) is 0 Å². The van der Waals surface area contributed by atoms with Crippen LogP contribution in [-0.4, -0.2) is 12.2 Å². The van der Waals surface area contributed by atoms with Gasteiger partial charge in [-0.15, -0.1) is 0 Å². The predicted octanol–water partition coefficient (Wildman–Crippen LogP) is 2.82. The van der Waals surface area contributed by atoms with Gasteiger partial charge in [-0.2, -0.15) is 0 Å².